The third-order valence-electron chi connectivity index (χ3n) is 3.15. The first kappa shape index (κ1) is 14.0. The van der Waals surface area contributed by atoms with Crippen LogP contribution in [0.2, 0.25) is 0 Å². The Bertz CT molecular complexity index is 650. The Hall–Kier alpha value is -2.43. The second kappa shape index (κ2) is 6.14. The van der Waals surface area contributed by atoms with E-state index in [0.29, 0.717) is 0 Å². The Labute approximate surface area is 117 Å². The monoisotopic (exact) mass is 271 g/mol. The van der Waals surface area contributed by atoms with Crippen LogP contribution in [0, 0.1) is 0 Å². The highest BCUT2D eigenvalue weighted by atomic mass is 16.2. The van der Waals surface area contributed by atoms with E-state index in [9.17, 15) is 9.59 Å². The molecule has 0 saturated heterocycles. The molecule has 0 aliphatic heterocycles. The smallest absolute Gasteiger partial charge is 0.260 e. The van der Waals surface area contributed by atoms with Crippen LogP contribution in [0.1, 0.15) is 30.6 Å². The van der Waals surface area contributed by atoms with Gasteiger partial charge in [0.15, 0.2) is 0 Å². The summed E-state index contributed by atoms with van der Waals surface area (Å²) in [5.74, 6) is -0.350. The summed E-state index contributed by atoms with van der Waals surface area (Å²) >= 11 is 0. The molecular formula is C15H17N3O2. The van der Waals surface area contributed by atoms with Crippen LogP contribution in [0.15, 0.2) is 41.6 Å². The van der Waals surface area contributed by atoms with Gasteiger partial charge in [-0.25, -0.2) is 0 Å². The molecule has 0 fully saturated rings. The van der Waals surface area contributed by atoms with Crippen molar-refractivity contribution in [2.75, 3.05) is 0 Å². The lowest BCUT2D eigenvalue weighted by atomic mass is 10.1. The minimum Gasteiger partial charge on any atom is -0.349 e. The third kappa shape index (κ3) is 3.12. The molecule has 2 aromatic rings. The van der Waals surface area contributed by atoms with Gasteiger partial charge in [0.2, 0.25) is 0 Å². The molecule has 0 aromatic carbocycles. The van der Waals surface area contributed by atoms with Crippen molar-refractivity contribution in [1.82, 2.24) is 15.3 Å². The maximum absolute atomic E-state index is 12.1. The lowest BCUT2D eigenvalue weighted by Gasteiger charge is -2.11. The zero-order chi connectivity index (χ0) is 14.5. The fourth-order valence-electron chi connectivity index (χ4n) is 1.77. The summed E-state index contributed by atoms with van der Waals surface area (Å²) in [5, 5.41) is 2.79. The number of amides is 1. The summed E-state index contributed by atoms with van der Waals surface area (Å²) in [5.41, 5.74) is 1.42. The minimum atomic E-state index is -0.386. The van der Waals surface area contributed by atoms with Crippen molar-refractivity contribution in [2.45, 2.75) is 26.3 Å². The molecule has 5 nitrogen and oxygen atoms in total. The average Bonchev–Trinajstić information content (AvgIpc) is 2.48. The number of aromatic amines is 1. The van der Waals surface area contributed by atoms with Crippen molar-refractivity contribution >= 4 is 5.91 Å². The quantitative estimate of drug-likeness (QED) is 0.892. The molecule has 2 aromatic heterocycles. The van der Waals surface area contributed by atoms with Crippen molar-refractivity contribution < 1.29 is 4.79 Å². The highest BCUT2D eigenvalue weighted by molar-refractivity contribution is 5.95. The van der Waals surface area contributed by atoms with Crippen LogP contribution < -0.4 is 10.9 Å². The van der Waals surface area contributed by atoms with Crippen LogP contribution in [0.4, 0.5) is 0 Å². The molecule has 0 bridgehead atoms. The van der Waals surface area contributed by atoms with E-state index < -0.39 is 0 Å². The predicted molar refractivity (Wildman–Crippen MR) is 77.5 cm³/mol. The molecule has 0 aliphatic rings. The van der Waals surface area contributed by atoms with E-state index >= 15 is 0 Å². The minimum absolute atomic E-state index is 0.0338. The van der Waals surface area contributed by atoms with E-state index in [4.69, 9.17) is 0 Å². The third-order valence-corrected chi connectivity index (χ3v) is 3.15. The lowest BCUT2D eigenvalue weighted by Crippen LogP contribution is -2.35. The summed E-state index contributed by atoms with van der Waals surface area (Å²) < 4.78 is 0. The molecule has 2 N–H and O–H groups in total. The number of rotatable bonds is 4. The molecular weight excluding hydrogens is 254 g/mol. The van der Waals surface area contributed by atoms with E-state index in [0.717, 1.165) is 17.5 Å². The fraction of sp³-hybridized carbons (Fsp3) is 0.267. The van der Waals surface area contributed by atoms with E-state index in [-0.39, 0.29) is 23.1 Å². The molecule has 2 heterocycles. The molecule has 0 saturated carbocycles. The summed E-state index contributed by atoms with van der Waals surface area (Å²) in [6.07, 6.45) is 5.74. The highest BCUT2D eigenvalue weighted by Crippen LogP contribution is 2.16. The average molecular weight is 271 g/mol. The second-order valence-electron chi connectivity index (χ2n) is 4.65. The van der Waals surface area contributed by atoms with Gasteiger partial charge in [-0.1, -0.05) is 6.92 Å². The molecule has 20 heavy (non-hydrogen) atoms. The van der Waals surface area contributed by atoms with Crippen LogP contribution in [0.5, 0.6) is 0 Å². The van der Waals surface area contributed by atoms with Crippen molar-refractivity contribution in [1.29, 1.82) is 0 Å². The molecule has 104 valence electrons. The number of hydrogen-bond donors (Lipinski definition) is 2. The molecule has 1 atom stereocenters. The normalized spacial score (nSPS) is 11.9. The topological polar surface area (TPSA) is 74.8 Å². The Morgan fingerprint density at radius 3 is 2.70 bits per heavy atom. The number of hydrogen-bond acceptors (Lipinski definition) is 3. The second-order valence-corrected chi connectivity index (χ2v) is 4.65. The van der Waals surface area contributed by atoms with E-state index in [1.54, 1.807) is 24.7 Å². The maximum Gasteiger partial charge on any atom is 0.260 e. The van der Waals surface area contributed by atoms with E-state index in [2.05, 4.69) is 15.3 Å². The van der Waals surface area contributed by atoms with Gasteiger partial charge in [-0.3, -0.25) is 14.6 Å². The summed E-state index contributed by atoms with van der Waals surface area (Å²) in [6, 6.07) is 5.28. The Balaban J connectivity index is 2.35. The van der Waals surface area contributed by atoms with Gasteiger partial charge in [0.1, 0.15) is 5.56 Å². The van der Waals surface area contributed by atoms with Crippen LogP contribution >= 0.6 is 0 Å². The van der Waals surface area contributed by atoms with Gasteiger partial charge in [0.05, 0.1) is 0 Å². The van der Waals surface area contributed by atoms with Crippen molar-refractivity contribution in [3.8, 4) is 11.1 Å². The van der Waals surface area contributed by atoms with Gasteiger partial charge in [0.25, 0.3) is 11.5 Å². The fourth-order valence-corrected chi connectivity index (χ4v) is 1.77. The van der Waals surface area contributed by atoms with Gasteiger partial charge < -0.3 is 10.3 Å². The largest absolute Gasteiger partial charge is 0.349 e. The van der Waals surface area contributed by atoms with Crippen LogP contribution in [-0.4, -0.2) is 21.9 Å². The zero-order valence-electron chi connectivity index (χ0n) is 11.5. The Kier molecular flexibility index (Phi) is 4.30. The van der Waals surface area contributed by atoms with Gasteiger partial charge >= 0.3 is 0 Å². The molecule has 1 amide bonds. The molecule has 0 spiro atoms. The number of nitrogens with zero attached hydrogens (tertiary/aromatic N) is 1. The summed E-state index contributed by atoms with van der Waals surface area (Å²) in [7, 11) is 0. The number of nitrogens with one attached hydrogen (secondary N) is 2. The maximum atomic E-state index is 12.1. The van der Waals surface area contributed by atoms with Gasteiger partial charge in [-0.2, -0.15) is 0 Å². The van der Waals surface area contributed by atoms with Gasteiger partial charge in [-0.15, -0.1) is 0 Å². The van der Waals surface area contributed by atoms with E-state index in [1.807, 2.05) is 26.0 Å². The first-order valence-electron chi connectivity index (χ1n) is 6.55. The lowest BCUT2D eigenvalue weighted by molar-refractivity contribution is 0.0938. The standard InChI is InChI=1S/C15H17N3O2/c1-3-10(2)18-15(20)13-8-12(9-17-14(13)19)11-4-6-16-7-5-11/h4-10H,3H2,1-2H3,(H,17,19)(H,18,20). The SMILES string of the molecule is CCC(C)NC(=O)c1cc(-c2ccncc2)c[nH]c1=O. The molecule has 2 rings (SSSR count). The number of carbonyl (C=O) groups excluding carboxylic acids is 1. The summed E-state index contributed by atoms with van der Waals surface area (Å²) in [6.45, 7) is 3.88. The molecule has 5 heteroatoms. The van der Waals surface area contributed by atoms with Crippen LogP contribution in [0.25, 0.3) is 11.1 Å². The van der Waals surface area contributed by atoms with Crippen molar-refractivity contribution in [3.63, 3.8) is 0 Å². The molecule has 0 aliphatic carbocycles. The highest BCUT2D eigenvalue weighted by Gasteiger charge is 2.13. The predicted octanol–water partition coefficient (Wildman–Crippen LogP) is 1.97. The number of H-pyrrole nitrogens is 1. The van der Waals surface area contributed by atoms with Crippen molar-refractivity contribution in [2.24, 2.45) is 0 Å². The first-order valence-corrected chi connectivity index (χ1v) is 6.55. The number of aromatic nitrogens is 2. The molecule has 1 unspecified atom stereocenters. The van der Waals surface area contributed by atoms with Crippen LogP contribution in [0.3, 0.4) is 0 Å². The molecule has 0 radical (unpaired) electrons. The zero-order valence-corrected chi connectivity index (χ0v) is 11.5. The Morgan fingerprint density at radius 2 is 2.05 bits per heavy atom. The van der Waals surface area contributed by atoms with Crippen LogP contribution in [-0.2, 0) is 0 Å². The van der Waals surface area contributed by atoms with Crippen molar-refractivity contribution in [3.05, 3.63) is 52.7 Å². The van der Waals surface area contributed by atoms with Gasteiger partial charge in [0, 0.05) is 24.6 Å². The van der Waals surface area contributed by atoms with E-state index in [1.165, 1.54) is 0 Å². The number of carbonyl (C=O) groups is 1. The summed E-state index contributed by atoms with van der Waals surface area (Å²) in [4.78, 5) is 30.4. The first-order chi connectivity index (χ1) is 9.61. The van der Waals surface area contributed by atoms with Gasteiger partial charge in [-0.05, 0) is 42.7 Å². The Morgan fingerprint density at radius 1 is 1.35 bits per heavy atom. The number of pyridine rings is 2.